The minimum absolute atomic E-state index is 0.0119. The maximum absolute atomic E-state index is 13.2. The molecule has 0 spiro atoms. The lowest BCUT2D eigenvalue weighted by atomic mass is 9.85. The summed E-state index contributed by atoms with van der Waals surface area (Å²) in [5, 5.41) is 11.8. The molecule has 24 heavy (non-hydrogen) atoms. The molecule has 2 N–H and O–H groups in total. The second-order valence-electron chi connectivity index (χ2n) is 6.93. The van der Waals surface area contributed by atoms with Crippen LogP contribution in [0.15, 0.2) is 0 Å². The van der Waals surface area contributed by atoms with Crippen molar-refractivity contribution in [3.05, 3.63) is 0 Å². The Morgan fingerprint density at radius 2 is 1.79 bits per heavy atom. The Balaban J connectivity index is 1.73. The van der Waals surface area contributed by atoms with Gasteiger partial charge in [-0.2, -0.15) is 0 Å². The highest BCUT2D eigenvalue weighted by atomic mass is 19.3. The first-order valence-corrected chi connectivity index (χ1v) is 8.59. The van der Waals surface area contributed by atoms with E-state index in [4.69, 9.17) is 5.11 Å². The van der Waals surface area contributed by atoms with E-state index in [1.54, 1.807) is 7.05 Å². The summed E-state index contributed by atoms with van der Waals surface area (Å²) >= 11 is 0. The second kappa shape index (κ2) is 7.63. The number of likely N-dealkylation sites (N-methyl/N-ethyl adjacent to an activating group) is 1. The van der Waals surface area contributed by atoms with Crippen LogP contribution in [-0.4, -0.2) is 71.1 Å². The average molecular weight is 347 g/mol. The molecule has 0 aliphatic heterocycles. The standard InChI is InChI=1S/C16H27F2N3O3/c1-3-21(10-14(22)23)13-8-11(9-13)19-15(24)20(2)12-4-6-16(17,18)7-5-12/h11-13H,3-10H2,1-2H3,(H,19,24)(H,22,23). The Bertz CT molecular complexity index is 459. The molecule has 2 aliphatic carbocycles. The molecule has 0 bridgehead atoms. The first-order chi connectivity index (χ1) is 11.2. The van der Waals surface area contributed by atoms with Gasteiger partial charge in [-0.15, -0.1) is 0 Å². The highest BCUT2D eigenvalue weighted by Crippen LogP contribution is 2.35. The third-order valence-electron chi connectivity index (χ3n) is 5.26. The van der Waals surface area contributed by atoms with Crippen LogP contribution in [0.25, 0.3) is 0 Å². The van der Waals surface area contributed by atoms with Gasteiger partial charge in [-0.1, -0.05) is 6.92 Å². The van der Waals surface area contributed by atoms with E-state index in [0.29, 0.717) is 19.4 Å². The molecule has 2 fully saturated rings. The number of nitrogens with zero attached hydrogens (tertiary/aromatic N) is 2. The van der Waals surface area contributed by atoms with E-state index in [1.807, 2.05) is 11.8 Å². The van der Waals surface area contributed by atoms with Gasteiger partial charge in [0.1, 0.15) is 0 Å². The van der Waals surface area contributed by atoms with E-state index in [-0.39, 0.29) is 43.5 Å². The summed E-state index contributed by atoms with van der Waals surface area (Å²) in [6.45, 7) is 2.59. The van der Waals surface area contributed by atoms with Crippen LogP contribution in [0.4, 0.5) is 13.6 Å². The van der Waals surface area contributed by atoms with E-state index >= 15 is 0 Å². The first-order valence-electron chi connectivity index (χ1n) is 8.59. The predicted octanol–water partition coefficient (Wildman–Crippen LogP) is 2.14. The van der Waals surface area contributed by atoms with Crippen LogP contribution >= 0.6 is 0 Å². The molecule has 2 amide bonds. The van der Waals surface area contributed by atoms with E-state index in [2.05, 4.69) is 5.32 Å². The number of carboxylic acid groups (broad SMARTS) is 1. The molecule has 138 valence electrons. The fourth-order valence-corrected chi connectivity index (χ4v) is 3.53. The molecule has 0 saturated heterocycles. The molecule has 2 aliphatic rings. The minimum Gasteiger partial charge on any atom is -0.480 e. The quantitative estimate of drug-likeness (QED) is 0.772. The smallest absolute Gasteiger partial charge is 0.317 e. The van der Waals surface area contributed by atoms with Gasteiger partial charge in [0.05, 0.1) is 6.54 Å². The van der Waals surface area contributed by atoms with E-state index in [9.17, 15) is 18.4 Å². The fourth-order valence-electron chi connectivity index (χ4n) is 3.53. The molecule has 2 saturated carbocycles. The number of carboxylic acids is 1. The minimum atomic E-state index is -2.59. The van der Waals surface area contributed by atoms with Crippen LogP contribution in [0.5, 0.6) is 0 Å². The van der Waals surface area contributed by atoms with Gasteiger partial charge in [0, 0.05) is 38.0 Å². The Morgan fingerprint density at radius 1 is 1.21 bits per heavy atom. The summed E-state index contributed by atoms with van der Waals surface area (Å²) in [5.41, 5.74) is 0. The predicted molar refractivity (Wildman–Crippen MR) is 85.2 cm³/mol. The van der Waals surface area contributed by atoms with Crippen LogP contribution in [0, 0.1) is 0 Å². The average Bonchev–Trinajstić information content (AvgIpc) is 2.47. The maximum atomic E-state index is 13.2. The molecule has 6 nitrogen and oxygen atoms in total. The molecule has 8 heteroatoms. The van der Waals surface area contributed by atoms with Crippen molar-refractivity contribution in [1.82, 2.24) is 15.1 Å². The van der Waals surface area contributed by atoms with Crippen molar-refractivity contribution in [3.8, 4) is 0 Å². The number of halogens is 2. The summed E-state index contributed by atoms with van der Waals surface area (Å²) in [6, 6.07) is -0.164. The third-order valence-corrected chi connectivity index (χ3v) is 5.26. The summed E-state index contributed by atoms with van der Waals surface area (Å²) in [5.74, 6) is -3.44. The number of carbonyl (C=O) groups is 2. The summed E-state index contributed by atoms with van der Waals surface area (Å²) in [6.07, 6.45) is 1.77. The lowest BCUT2D eigenvalue weighted by Crippen LogP contribution is -2.57. The zero-order chi connectivity index (χ0) is 17.9. The molecule has 2 rings (SSSR count). The number of hydrogen-bond acceptors (Lipinski definition) is 3. The van der Waals surface area contributed by atoms with Crippen LogP contribution < -0.4 is 5.32 Å². The van der Waals surface area contributed by atoms with Gasteiger partial charge in [0.15, 0.2) is 0 Å². The van der Waals surface area contributed by atoms with Crippen LogP contribution in [0.3, 0.4) is 0 Å². The van der Waals surface area contributed by atoms with Gasteiger partial charge in [0.25, 0.3) is 0 Å². The zero-order valence-corrected chi connectivity index (χ0v) is 14.3. The Hall–Kier alpha value is -1.44. The van der Waals surface area contributed by atoms with Crippen molar-refractivity contribution in [2.24, 2.45) is 0 Å². The van der Waals surface area contributed by atoms with Gasteiger partial charge >= 0.3 is 12.0 Å². The SMILES string of the molecule is CCN(CC(=O)O)C1CC(NC(=O)N(C)C2CCC(F)(F)CC2)C1. The molecule has 0 unspecified atom stereocenters. The molecule has 0 aromatic carbocycles. The Labute approximate surface area is 141 Å². The van der Waals surface area contributed by atoms with Crippen molar-refractivity contribution >= 4 is 12.0 Å². The molecule has 0 heterocycles. The van der Waals surface area contributed by atoms with Crippen LogP contribution in [0.2, 0.25) is 0 Å². The number of alkyl halides is 2. The molecule has 0 aromatic heterocycles. The van der Waals surface area contributed by atoms with E-state index in [1.165, 1.54) is 4.90 Å². The second-order valence-corrected chi connectivity index (χ2v) is 6.93. The largest absolute Gasteiger partial charge is 0.480 e. The highest BCUT2D eigenvalue weighted by Gasteiger charge is 2.39. The lowest BCUT2D eigenvalue weighted by molar-refractivity contribution is -0.139. The maximum Gasteiger partial charge on any atom is 0.317 e. The van der Waals surface area contributed by atoms with E-state index < -0.39 is 11.9 Å². The number of urea groups is 1. The van der Waals surface area contributed by atoms with Gasteiger partial charge in [-0.3, -0.25) is 9.69 Å². The molecule has 0 atom stereocenters. The van der Waals surface area contributed by atoms with Crippen molar-refractivity contribution in [3.63, 3.8) is 0 Å². The van der Waals surface area contributed by atoms with Gasteiger partial charge < -0.3 is 15.3 Å². The van der Waals surface area contributed by atoms with Crippen molar-refractivity contribution in [2.45, 2.75) is 69.5 Å². The fraction of sp³-hybridized carbons (Fsp3) is 0.875. The van der Waals surface area contributed by atoms with Gasteiger partial charge in [-0.05, 0) is 32.2 Å². The van der Waals surface area contributed by atoms with Crippen molar-refractivity contribution in [1.29, 1.82) is 0 Å². The summed E-state index contributed by atoms with van der Waals surface area (Å²) in [4.78, 5) is 26.5. The molecule has 0 aromatic rings. The number of carbonyl (C=O) groups excluding carboxylic acids is 1. The van der Waals surface area contributed by atoms with Gasteiger partial charge in [0.2, 0.25) is 5.92 Å². The third kappa shape index (κ3) is 4.78. The number of amides is 2. The first kappa shape index (κ1) is 18.9. The van der Waals surface area contributed by atoms with Crippen molar-refractivity contribution in [2.75, 3.05) is 20.1 Å². The number of rotatable bonds is 6. The lowest BCUT2D eigenvalue weighted by Gasteiger charge is -2.43. The Morgan fingerprint density at radius 3 is 2.29 bits per heavy atom. The molecule has 0 radical (unpaired) electrons. The summed E-state index contributed by atoms with van der Waals surface area (Å²) < 4.78 is 26.4. The molecular formula is C16H27F2N3O3. The van der Waals surface area contributed by atoms with Crippen molar-refractivity contribution < 1.29 is 23.5 Å². The van der Waals surface area contributed by atoms with Crippen LogP contribution in [-0.2, 0) is 4.79 Å². The number of hydrogen-bond donors (Lipinski definition) is 2. The molecular weight excluding hydrogens is 320 g/mol. The monoisotopic (exact) mass is 347 g/mol. The zero-order valence-electron chi connectivity index (χ0n) is 14.3. The van der Waals surface area contributed by atoms with Gasteiger partial charge in [-0.25, -0.2) is 13.6 Å². The highest BCUT2D eigenvalue weighted by molar-refractivity contribution is 5.74. The number of nitrogens with one attached hydrogen (secondary N) is 1. The topological polar surface area (TPSA) is 72.9 Å². The number of aliphatic carboxylic acids is 1. The summed E-state index contributed by atoms with van der Waals surface area (Å²) in [7, 11) is 1.66. The van der Waals surface area contributed by atoms with E-state index in [0.717, 1.165) is 12.8 Å². The van der Waals surface area contributed by atoms with Crippen LogP contribution in [0.1, 0.15) is 45.4 Å². The Kier molecular flexibility index (Phi) is 6.01. The normalized spacial score (nSPS) is 26.7.